The molecule has 0 bridgehead atoms. The van der Waals surface area contributed by atoms with Crippen molar-refractivity contribution >= 4 is 0 Å². The minimum Gasteiger partial charge on any atom is -0.261 e. The summed E-state index contributed by atoms with van der Waals surface area (Å²) in [6.45, 7) is 8.57. The van der Waals surface area contributed by atoms with Gasteiger partial charge >= 0.3 is 0 Å². The van der Waals surface area contributed by atoms with Gasteiger partial charge in [0.25, 0.3) is 0 Å². The SMILES string of the molecule is Cc1ccc([CH]C(C)(C)C)nc1. The van der Waals surface area contributed by atoms with Crippen LogP contribution >= 0.6 is 0 Å². The van der Waals surface area contributed by atoms with E-state index in [0.29, 0.717) is 0 Å². The van der Waals surface area contributed by atoms with Gasteiger partial charge < -0.3 is 0 Å². The van der Waals surface area contributed by atoms with Crippen molar-refractivity contribution in [1.82, 2.24) is 4.98 Å². The van der Waals surface area contributed by atoms with E-state index in [-0.39, 0.29) is 5.41 Å². The molecule has 1 aromatic heterocycles. The maximum absolute atomic E-state index is 4.31. The van der Waals surface area contributed by atoms with Crippen LogP contribution in [0.4, 0.5) is 0 Å². The van der Waals surface area contributed by atoms with Crippen LogP contribution < -0.4 is 0 Å². The highest BCUT2D eigenvalue weighted by atomic mass is 14.7. The zero-order chi connectivity index (χ0) is 9.19. The summed E-state index contributed by atoms with van der Waals surface area (Å²) < 4.78 is 0. The van der Waals surface area contributed by atoms with Gasteiger partial charge in [0.2, 0.25) is 0 Å². The Balaban J connectivity index is 2.71. The second-order valence-corrected chi connectivity index (χ2v) is 4.27. The lowest BCUT2D eigenvalue weighted by Gasteiger charge is -2.16. The molecule has 1 aromatic rings. The second kappa shape index (κ2) is 3.26. The lowest BCUT2D eigenvalue weighted by molar-refractivity contribution is 0.502. The van der Waals surface area contributed by atoms with Gasteiger partial charge in [-0.05, 0) is 24.0 Å². The monoisotopic (exact) mass is 162 g/mol. The number of hydrogen-bond acceptors (Lipinski definition) is 1. The number of pyridine rings is 1. The van der Waals surface area contributed by atoms with Crippen molar-refractivity contribution < 1.29 is 0 Å². The zero-order valence-corrected chi connectivity index (χ0v) is 8.26. The number of nitrogens with zero attached hydrogens (tertiary/aromatic N) is 1. The van der Waals surface area contributed by atoms with E-state index in [1.54, 1.807) is 0 Å². The smallest absolute Gasteiger partial charge is 0.0446 e. The molecule has 1 rings (SSSR count). The van der Waals surface area contributed by atoms with Crippen LogP contribution in [-0.4, -0.2) is 4.98 Å². The van der Waals surface area contributed by atoms with E-state index in [0.717, 1.165) is 5.69 Å². The van der Waals surface area contributed by atoms with Gasteiger partial charge in [-0.25, -0.2) is 0 Å². The molecule has 0 atom stereocenters. The maximum Gasteiger partial charge on any atom is 0.0446 e. The van der Waals surface area contributed by atoms with Gasteiger partial charge in [-0.2, -0.15) is 0 Å². The van der Waals surface area contributed by atoms with E-state index < -0.39 is 0 Å². The molecule has 0 unspecified atom stereocenters. The quantitative estimate of drug-likeness (QED) is 0.618. The number of hydrogen-bond donors (Lipinski definition) is 0. The van der Waals surface area contributed by atoms with Gasteiger partial charge in [-0.3, -0.25) is 4.98 Å². The van der Waals surface area contributed by atoms with E-state index in [2.05, 4.69) is 44.3 Å². The summed E-state index contributed by atoms with van der Waals surface area (Å²) in [6.07, 6.45) is 4.07. The van der Waals surface area contributed by atoms with Crippen molar-refractivity contribution in [3.05, 3.63) is 36.0 Å². The summed E-state index contributed by atoms with van der Waals surface area (Å²) in [6, 6.07) is 4.14. The first-order valence-corrected chi connectivity index (χ1v) is 4.26. The molecule has 0 aliphatic heterocycles. The minimum atomic E-state index is 0.211. The Kier molecular flexibility index (Phi) is 2.51. The molecule has 0 spiro atoms. The van der Waals surface area contributed by atoms with Crippen LogP contribution in [0.3, 0.4) is 0 Å². The molecular formula is C11H16N. The van der Waals surface area contributed by atoms with Crippen LogP contribution in [0.5, 0.6) is 0 Å². The lowest BCUT2D eigenvalue weighted by Crippen LogP contribution is -2.07. The average Bonchev–Trinajstić information content (AvgIpc) is 1.91. The normalized spacial score (nSPS) is 11.7. The Morgan fingerprint density at radius 3 is 2.33 bits per heavy atom. The molecule has 1 heterocycles. The lowest BCUT2D eigenvalue weighted by atomic mass is 9.90. The molecule has 0 N–H and O–H groups in total. The molecule has 0 saturated heterocycles. The first kappa shape index (κ1) is 9.24. The van der Waals surface area contributed by atoms with Crippen molar-refractivity contribution in [3.63, 3.8) is 0 Å². The Hall–Kier alpha value is -0.850. The summed E-state index contributed by atoms with van der Waals surface area (Å²) in [4.78, 5) is 4.31. The van der Waals surface area contributed by atoms with Crippen LogP contribution in [0.25, 0.3) is 0 Å². The molecular weight excluding hydrogens is 146 g/mol. The molecule has 0 aliphatic rings. The Bertz CT molecular complexity index is 241. The molecule has 12 heavy (non-hydrogen) atoms. The third-order valence-corrected chi connectivity index (χ3v) is 1.52. The van der Waals surface area contributed by atoms with Gasteiger partial charge in [0.15, 0.2) is 0 Å². The Morgan fingerprint density at radius 2 is 1.92 bits per heavy atom. The fourth-order valence-electron chi connectivity index (χ4n) is 1.01. The first-order chi connectivity index (χ1) is 5.47. The van der Waals surface area contributed by atoms with E-state index >= 15 is 0 Å². The highest BCUT2D eigenvalue weighted by Crippen LogP contribution is 2.21. The topological polar surface area (TPSA) is 12.9 Å². The summed E-state index contributed by atoms with van der Waals surface area (Å²) in [5.41, 5.74) is 2.48. The molecule has 0 aliphatic carbocycles. The van der Waals surface area contributed by atoms with Gasteiger partial charge in [0.1, 0.15) is 0 Å². The van der Waals surface area contributed by atoms with Gasteiger partial charge in [-0.1, -0.05) is 26.8 Å². The van der Waals surface area contributed by atoms with Crippen molar-refractivity contribution in [2.75, 3.05) is 0 Å². The molecule has 1 heteroatoms. The fourth-order valence-corrected chi connectivity index (χ4v) is 1.01. The molecule has 0 amide bonds. The Morgan fingerprint density at radius 1 is 1.25 bits per heavy atom. The van der Waals surface area contributed by atoms with Crippen molar-refractivity contribution in [2.45, 2.75) is 27.7 Å². The summed E-state index contributed by atoms with van der Waals surface area (Å²) in [7, 11) is 0. The molecule has 1 radical (unpaired) electrons. The van der Waals surface area contributed by atoms with Crippen molar-refractivity contribution in [3.8, 4) is 0 Å². The predicted octanol–water partition coefficient (Wildman–Crippen LogP) is 2.99. The standard InChI is InChI=1S/C11H16N/c1-9-5-6-10(12-8-9)7-11(2,3)4/h5-8H,1-4H3. The molecule has 0 aromatic carbocycles. The molecule has 1 nitrogen and oxygen atoms in total. The fraction of sp³-hybridized carbons (Fsp3) is 0.455. The Labute approximate surface area is 74.8 Å². The van der Waals surface area contributed by atoms with Crippen LogP contribution in [0.2, 0.25) is 0 Å². The third-order valence-electron chi connectivity index (χ3n) is 1.52. The molecule has 65 valence electrons. The summed E-state index contributed by atoms with van der Waals surface area (Å²) in [5.74, 6) is 0. The predicted molar refractivity (Wildman–Crippen MR) is 51.8 cm³/mol. The van der Waals surface area contributed by atoms with Crippen molar-refractivity contribution in [2.24, 2.45) is 5.41 Å². The zero-order valence-electron chi connectivity index (χ0n) is 8.26. The van der Waals surface area contributed by atoms with E-state index in [1.165, 1.54) is 5.56 Å². The van der Waals surface area contributed by atoms with Crippen LogP contribution in [0.15, 0.2) is 18.3 Å². The summed E-state index contributed by atoms with van der Waals surface area (Å²) >= 11 is 0. The van der Waals surface area contributed by atoms with E-state index in [1.807, 2.05) is 13.1 Å². The van der Waals surface area contributed by atoms with Gasteiger partial charge in [0.05, 0.1) is 0 Å². The van der Waals surface area contributed by atoms with Crippen LogP contribution in [0, 0.1) is 18.8 Å². The van der Waals surface area contributed by atoms with Crippen molar-refractivity contribution in [1.29, 1.82) is 0 Å². The highest BCUT2D eigenvalue weighted by Gasteiger charge is 2.11. The van der Waals surface area contributed by atoms with Gasteiger partial charge in [0, 0.05) is 18.3 Å². The summed E-state index contributed by atoms with van der Waals surface area (Å²) in [5, 5.41) is 0. The third kappa shape index (κ3) is 3.04. The molecule has 0 saturated carbocycles. The number of rotatable bonds is 1. The maximum atomic E-state index is 4.31. The van der Waals surface area contributed by atoms with Gasteiger partial charge in [-0.15, -0.1) is 0 Å². The first-order valence-electron chi connectivity index (χ1n) is 4.26. The average molecular weight is 162 g/mol. The number of aromatic nitrogens is 1. The minimum absolute atomic E-state index is 0.211. The van der Waals surface area contributed by atoms with E-state index in [4.69, 9.17) is 0 Å². The van der Waals surface area contributed by atoms with Crippen LogP contribution in [-0.2, 0) is 0 Å². The second-order valence-electron chi connectivity index (χ2n) is 4.27. The number of aryl methyl sites for hydroxylation is 1. The highest BCUT2D eigenvalue weighted by molar-refractivity contribution is 5.19. The van der Waals surface area contributed by atoms with Crippen LogP contribution in [0.1, 0.15) is 32.0 Å². The molecule has 0 fully saturated rings. The van der Waals surface area contributed by atoms with E-state index in [9.17, 15) is 0 Å². The largest absolute Gasteiger partial charge is 0.261 e.